The van der Waals surface area contributed by atoms with Crippen molar-refractivity contribution in [3.63, 3.8) is 0 Å². The van der Waals surface area contributed by atoms with Gasteiger partial charge < -0.3 is 15.2 Å². The highest BCUT2D eigenvalue weighted by Gasteiger charge is 2.28. The molecule has 3 rings (SSSR count). The molecule has 1 aliphatic rings. The van der Waals surface area contributed by atoms with E-state index in [4.69, 9.17) is 15.2 Å². The molecule has 21 heavy (non-hydrogen) atoms. The Labute approximate surface area is 125 Å². The number of methoxy groups -OCH3 is 2. The van der Waals surface area contributed by atoms with E-state index < -0.39 is 0 Å². The lowest BCUT2D eigenvalue weighted by atomic mass is 9.74. The molecule has 0 aromatic heterocycles. The minimum Gasteiger partial charge on any atom is -0.497 e. The quantitative estimate of drug-likeness (QED) is 0.914. The van der Waals surface area contributed by atoms with Crippen LogP contribution < -0.4 is 15.2 Å². The van der Waals surface area contributed by atoms with Crippen molar-refractivity contribution >= 4 is 0 Å². The fourth-order valence-electron chi connectivity index (χ4n) is 3.13. The fourth-order valence-corrected chi connectivity index (χ4v) is 3.13. The lowest BCUT2D eigenvalue weighted by Crippen LogP contribution is -2.23. The van der Waals surface area contributed by atoms with Crippen molar-refractivity contribution in [3.8, 4) is 11.5 Å². The Morgan fingerprint density at radius 3 is 2.67 bits per heavy atom. The number of fused-ring (bicyclic) bond motifs is 1. The lowest BCUT2D eigenvalue weighted by Gasteiger charge is -2.32. The van der Waals surface area contributed by atoms with Gasteiger partial charge in [0.1, 0.15) is 11.5 Å². The summed E-state index contributed by atoms with van der Waals surface area (Å²) in [6, 6.07) is 14.4. The van der Waals surface area contributed by atoms with Gasteiger partial charge in [0.25, 0.3) is 0 Å². The Morgan fingerprint density at radius 1 is 1.14 bits per heavy atom. The molecule has 0 spiro atoms. The maximum absolute atomic E-state index is 6.41. The van der Waals surface area contributed by atoms with Gasteiger partial charge in [0.05, 0.1) is 14.2 Å². The maximum Gasteiger partial charge on any atom is 0.127 e. The average Bonchev–Trinajstić information content (AvgIpc) is 2.51. The molecule has 3 heteroatoms. The van der Waals surface area contributed by atoms with Crippen LogP contribution in [-0.2, 0) is 6.42 Å². The zero-order valence-corrected chi connectivity index (χ0v) is 12.5. The van der Waals surface area contributed by atoms with Crippen molar-refractivity contribution in [1.82, 2.24) is 0 Å². The van der Waals surface area contributed by atoms with Gasteiger partial charge >= 0.3 is 0 Å². The first-order chi connectivity index (χ1) is 10.2. The monoisotopic (exact) mass is 283 g/mol. The molecular formula is C18H21NO2. The van der Waals surface area contributed by atoms with E-state index >= 15 is 0 Å². The number of hydrogen-bond acceptors (Lipinski definition) is 3. The molecule has 2 atom stereocenters. The normalized spacial score (nSPS) is 17.6. The molecule has 0 heterocycles. The Bertz CT molecular complexity index is 639. The number of rotatable bonds is 5. The predicted octanol–water partition coefficient (Wildman–Crippen LogP) is 3.43. The van der Waals surface area contributed by atoms with Crippen LogP contribution in [0.5, 0.6) is 11.5 Å². The van der Waals surface area contributed by atoms with E-state index in [1.807, 2.05) is 18.2 Å². The molecular weight excluding hydrogens is 262 g/mol. The summed E-state index contributed by atoms with van der Waals surface area (Å²) in [6.07, 6.45) is 2.07. The predicted molar refractivity (Wildman–Crippen MR) is 84.0 cm³/mol. The van der Waals surface area contributed by atoms with Crippen molar-refractivity contribution in [2.45, 2.75) is 24.8 Å². The third-order valence-corrected chi connectivity index (χ3v) is 4.34. The number of hydrogen-bond donors (Lipinski definition) is 1. The van der Waals surface area contributed by atoms with Gasteiger partial charge in [-0.2, -0.15) is 0 Å². The second-order valence-electron chi connectivity index (χ2n) is 5.55. The Balaban J connectivity index is 1.76. The minimum absolute atomic E-state index is 0.0239. The van der Waals surface area contributed by atoms with E-state index in [0.717, 1.165) is 29.9 Å². The first-order valence-electron chi connectivity index (χ1n) is 7.28. The molecule has 2 aromatic carbocycles. The summed E-state index contributed by atoms with van der Waals surface area (Å²) in [4.78, 5) is 0. The van der Waals surface area contributed by atoms with E-state index in [1.54, 1.807) is 14.2 Å². The molecule has 1 aliphatic carbocycles. The molecule has 0 saturated heterocycles. The van der Waals surface area contributed by atoms with Crippen LogP contribution >= 0.6 is 0 Å². The van der Waals surface area contributed by atoms with Gasteiger partial charge in [-0.25, -0.2) is 0 Å². The zero-order valence-electron chi connectivity index (χ0n) is 12.5. The first-order valence-corrected chi connectivity index (χ1v) is 7.28. The maximum atomic E-state index is 6.41. The summed E-state index contributed by atoms with van der Waals surface area (Å²) in [5.74, 6) is 2.15. The number of benzene rings is 2. The van der Waals surface area contributed by atoms with Crippen LogP contribution in [0.2, 0.25) is 0 Å². The van der Waals surface area contributed by atoms with Crippen molar-refractivity contribution in [3.05, 3.63) is 59.2 Å². The van der Waals surface area contributed by atoms with E-state index in [-0.39, 0.29) is 6.04 Å². The van der Waals surface area contributed by atoms with Crippen molar-refractivity contribution in [1.29, 1.82) is 0 Å². The number of nitrogens with two attached hydrogens (primary N) is 1. The summed E-state index contributed by atoms with van der Waals surface area (Å²) >= 11 is 0. The van der Waals surface area contributed by atoms with E-state index in [0.29, 0.717) is 5.92 Å². The molecule has 2 aromatic rings. The van der Waals surface area contributed by atoms with Crippen molar-refractivity contribution < 1.29 is 9.47 Å². The Hall–Kier alpha value is -2.00. The first kappa shape index (κ1) is 14.0. The van der Waals surface area contributed by atoms with Crippen LogP contribution in [-0.4, -0.2) is 14.2 Å². The Morgan fingerprint density at radius 2 is 1.95 bits per heavy atom. The summed E-state index contributed by atoms with van der Waals surface area (Å²) < 4.78 is 10.7. The highest BCUT2D eigenvalue weighted by atomic mass is 16.5. The molecule has 110 valence electrons. The van der Waals surface area contributed by atoms with Crippen molar-refractivity contribution in [2.75, 3.05) is 14.2 Å². The molecule has 3 nitrogen and oxygen atoms in total. The minimum atomic E-state index is -0.0239. The molecule has 0 saturated carbocycles. The van der Waals surface area contributed by atoms with Gasteiger partial charge in [0.15, 0.2) is 0 Å². The van der Waals surface area contributed by atoms with Gasteiger partial charge in [-0.1, -0.05) is 30.3 Å². The molecule has 0 fully saturated rings. The van der Waals surface area contributed by atoms with Crippen LogP contribution in [0.25, 0.3) is 0 Å². The van der Waals surface area contributed by atoms with Crippen LogP contribution in [0, 0.1) is 0 Å². The van der Waals surface area contributed by atoms with Gasteiger partial charge in [-0.15, -0.1) is 0 Å². The van der Waals surface area contributed by atoms with Gasteiger partial charge in [-0.3, -0.25) is 0 Å². The molecule has 0 bridgehead atoms. The second kappa shape index (κ2) is 5.78. The SMILES string of the molecule is COc1ccc(C(N)CC2Cc3ccccc32)c(OC)c1. The topological polar surface area (TPSA) is 44.5 Å². The standard InChI is InChI=1S/C18H21NO2/c1-20-14-7-8-16(18(11-14)21-2)17(19)10-13-9-12-5-3-4-6-15(12)13/h3-8,11,13,17H,9-10,19H2,1-2H3. The third-order valence-electron chi connectivity index (χ3n) is 4.34. The summed E-state index contributed by atoms with van der Waals surface area (Å²) in [5, 5.41) is 0. The van der Waals surface area contributed by atoms with E-state index in [1.165, 1.54) is 11.1 Å². The van der Waals surface area contributed by atoms with Crippen molar-refractivity contribution in [2.24, 2.45) is 5.73 Å². The van der Waals surface area contributed by atoms with Crippen LogP contribution in [0.1, 0.15) is 35.1 Å². The molecule has 0 aliphatic heterocycles. The summed E-state index contributed by atoms with van der Waals surface area (Å²) in [5.41, 5.74) is 10.4. The average molecular weight is 283 g/mol. The van der Waals surface area contributed by atoms with E-state index in [2.05, 4.69) is 24.3 Å². The molecule has 2 unspecified atom stereocenters. The van der Waals surface area contributed by atoms with Crippen LogP contribution in [0.4, 0.5) is 0 Å². The summed E-state index contributed by atoms with van der Waals surface area (Å²) in [6.45, 7) is 0. The highest BCUT2D eigenvalue weighted by molar-refractivity contribution is 5.44. The van der Waals surface area contributed by atoms with Crippen LogP contribution in [0.3, 0.4) is 0 Å². The van der Waals surface area contributed by atoms with E-state index in [9.17, 15) is 0 Å². The third kappa shape index (κ3) is 2.61. The molecule has 0 amide bonds. The highest BCUT2D eigenvalue weighted by Crippen LogP contribution is 2.41. The smallest absolute Gasteiger partial charge is 0.127 e. The fraction of sp³-hybridized carbons (Fsp3) is 0.333. The zero-order chi connectivity index (χ0) is 14.8. The van der Waals surface area contributed by atoms with Gasteiger partial charge in [0, 0.05) is 17.7 Å². The van der Waals surface area contributed by atoms with Gasteiger partial charge in [-0.05, 0) is 36.0 Å². The van der Waals surface area contributed by atoms with Crippen LogP contribution in [0.15, 0.2) is 42.5 Å². The van der Waals surface area contributed by atoms with Gasteiger partial charge in [0.2, 0.25) is 0 Å². The second-order valence-corrected chi connectivity index (χ2v) is 5.55. The Kier molecular flexibility index (Phi) is 3.84. The molecule has 2 N–H and O–H groups in total. The summed E-state index contributed by atoms with van der Waals surface area (Å²) in [7, 11) is 3.32. The number of ether oxygens (including phenoxy) is 2. The largest absolute Gasteiger partial charge is 0.497 e. The molecule has 0 radical (unpaired) electrons. The lowest BCUT2D eigenvalue weighted by molar-refractivity contribution is 0.384.